The van der Waals surface area contributed by atoms with Gasteiger partial charge < -0.3 is 20.3 Å². The van der Waals surface area contributed by atoms with Crippen LogP contribution in [-0.2, 0) is 9.53 Å². The van der Waals surface area contributed by atoms with Crippen molar-refractivity contribution in [2.24, 2.45) is 5.92 Å². The average molecular weight is 435 g/mol. The Hall–Kier alpha value is -2.23. The molecule has 1 aromatic heterocycles. The van der Waals surface area contributed by atoms with Crippen LogP contribution in [0.4, 0.5) is 10.7 Å². The minimum absolute atomic E-state index is 0.289. The Kier molecular flexibility index (Phi) is 6.21. The van der Waals surface area contributed by atoms with Crippen molar-refractivity contribution in [3.8, 4) is 0 Å². The number of esters is 1. The Balaban J connectivity index is 1.54. The number of amides is 2. The van der Waals surface area contributed by atoms with Gasteiger partial charge in [-0.05, 0) is 45.4 Å². The molecule has 1 saturated carbocycles. The third-order valence-electron chi connectivity index (χ3n) is 5.84. The van der Waals surface area contributed by atoms with Crippen LogP contribution >= 0.6 is 11.8 Å². The van der Waals surface area contributed by atoms with Gasteiger partial charge in [-0.2, -0.15) is 0 Å². The molecule has 3 aliphatic rings. The maximum Gasteiger partial charge on any atom is 0.337 e. The normalized spacial score (nSPS) is 22.7. The van der Waals surface area contributed by atoms with E-state index in [1.807, 2.05) is 0 Å². The zero-order chi connectivity index (χ0) is 21.3. The average Bonchev–Trinajstić information content (AvgIpc) is 3.46. The molecule has 1 aromatic rings. The van der Waals surface area contributed by atoms with Crippen molar-refractivity contribution in [3.63, 3.8) is 0 Å². The first-order chi connectivity index (χ1) is 14.5. The third kappa shape index (κ3) is 4.43. The molecule has 2 aliphatic heterocycles. The van der Waals surface area contributed by atoms with Crippen LogP contribution in [0.15, 0.2) is 16.4 Å². The van der Waals surface area contributed by atoms with Crippen LogP contribution in [0.25, 0.3) is 0 Å². The van der Waals surface area contributed by atoms with E-state index in [0.717, 1.165) is 43.0 Å². The third-order valence-corrected chi connectivity index (χ3v) is 6.81. The van der Waals surface area contributed by atoms with Crippen LogP contribution in [0.2, 0.25) is 0 Å². The second kappa shape index (κ2) is 8.87. The molecular formula is C20H30N6O3S. The first-order valence-electron chi connectivity index (χ1n) is 10.8. The van der Waals surface area contributed by atoms with Crippen molar-refractivity contribution < 1.29 is 14.3 Å². The van der Waals surface area contributed by atoms with Gasteiger partial charge in [0, 0.05) is 30.6 Å². The van der Waals surface area contributed by atoms with Gasteiger partial charge in [0.25, 0.3) is 0 Å². The summed E-state index contributed by atoms with van der Waals surface area (Å²) in [4.78, 5) is 26.8. The van der Waals surface area contributed by atoms with E-state index in [0.29, 0.717) is 23.1 Å². The van der Waals surface area contributed by atoms with Crippen LogP contribution in [0, 0.1) is 5.92 Å². The molecule has 30 heavy (non-hydrogen) atoms. The minimum Gasteiger partial charge on any atom is -0.463 e. The van der Waals surface area contributed by atoms with Crippen LogP contribution in [-0.4, -0.2) is 58.3 Å². The summed E-state index contributed by atoms with van der Waals surface area (Å²) in [6.07, 6.45) is 4.62. The molecule has 3 heterocycles. The van der Waals surface area contributed by atoms with Gasteiger partial charge in [-0.15, -0.1) is 10.2 Å². The van der Waals surface area contributed by atoms with Crippen LogP contribution in [0.3, 0.4) is 0 Å². The summed E-state index contributed by atoms with van der Waals surface area (Å²) >= 11 is 1.51. The summed E-state index contributed by atoms with van der Waals surface area (Å²) in [7, 11) is 0. The van der Waals surface area contributed by atoms with Crippen molar-refractivity contribution in [2.75, 3.05) is 30.3 Å². The van der Waals surface area contributed by atoms with E-state index in [-0.39, 0.29) is 12.6 Å². The predicted octanol–water partition coefficient (Wildman–Crippen LogP) is 2.46. The molecule has 0 bridgehead atoms. The van der Waals surface area contributed by atoms with E-state index in [1.54, 1.807) is 13.8 Å². The predicted molar refractivity (Wildman–Crippen MR) is 114 cm³/mol. The number of carbonyl (C=O) groups is 2. The fourth-order valence-electron chi connectivity index (χ4n) is 3.97. The second-order valence-corrected chi connectivity index (χ2v) is 9.22. The summed E-state index contributed by atoms with van der Waals surface area (Å²) in [5.74, 6) is 1.73. The molecule has 1 aliphatic carbocycles. The fraction of sp³-hybridized carbons (Fsp3) is 0.700. The maximum atomic E-state index is 12.4. The summed E-state index contributed by atoms with van der Waals surface area (Å²) in [5, 5.41) is 15.3. The van der Waals surface area contributed by atoms with Crippen molar-refractivity contribution in [1.29, 1.82) is 0 Å². The first-order valence-corrected chi connectivity index (χ1v) is 11.8. The van der Waals surface area contributed by atoms with E-state index in [1.165, 1.54) is 24.6 Å². The second-order valence-electron chi connectivity index (χ2n) is 8.27. The SMILES string of the molecule is CCOC(=O)C1=C(CSc2nnc(N3CCC(C)CC3)n2C2CC2)NC(=O)NC1C. The topological polar surface area (TPSA) is 101 Å². The molecule has 2 amide bonds. The van der Waals surface area contributed by atoms with E-state index in [4.69, 9.17) is 4.74 Å². The monoisotopic (exact) mass is 434 g/mol. The number of hydrogen-bond acceptors (Lipinski definition) is 7. The van der Waals surface area contributed by atoms with E-state index < -0.39 is 12.0 Å². The summed E-state index contributed by atoms with van der Waals surface area (Å²) in [6.45, 7) is 8.16. The highest BCUT2D eigenvalue weighted by Crippen LogP contribution is 2.41. The Morgan fingerprint density at radius 3 is 2.60 bits per heavy atom. The molecule has 4 rings (SSSR count). The lowest BCUT2D eigenvalue weighted by Gasteiger charge is -2.31. The number of aromatic nitrogens is 3. The molecule has 9 nitrogen and oxygen atoms in total. The molecule has 1 atom stereocenters. The number of ether oxygens (including phenoxy) is 1. The van der Waals surface area contributed by atoms with Gasteiger partial charge in [0.2, 0.25) is 5.95 Å². The van der Waals surface area contributed by atoms with Gasteiger partial charge in [0.15, 0.2) is 5.16 Å². The number of carbonyl (C=O) groups excluding carboxylic acids is 2. The number of piperidine rings is 1. The molecule has 1 saturated heterocycles. The smallest absolute Gasteiger partial charge is 0.337 e. The number of urea groups is 1. The Labute approximate surface area is 181 Å². The summed E-state index contributed by atoms with van der Waals surface area (Å²) in [6, 6.07) is -0.268. The zero-order valence-electron chi connectivity index (χ0n) is 17.8. The van der Waals surface area contributed by atoms with Gasteiger partial charge in [0.1, 0.15) is 0 Å². The van der Waals surface area contributed by atoms with Crippen LogP contribution < -0.4 is 15.5 Å². The number of thioether (sulfide) groups is 1. The lowest BCUT2D eigenvalue weighted by molar-refractivity contribution is -0.138. The molecule has 0 aromatic carbocycles. The van der Waals surface area contributed by atoms with Crippen molar-refractivity contribution in [2.45, 2.75) is 63.7 Å². The van der Waals surface area contributed by atoms with Crippen molar-refractivity contribution in [1.82, 2.24) is 25.4 Å². The Morgan fingerprint density at radius 2 is 1.93 bits per heavy atom. The number of nitrogens with zero attached hydrogens (tertiary/aromatic N) is 4. The maximum absolute atomic E-state index is 12.4. The van der Waals surface area contributed by atoms with E-state index >= 15 is 0 Å². The van der Waals surface area contributed by atoms with Gasteiger partial charge in [-0.3, -0.25) is 4.57 Å². The highest BCUT2D eigenvalue weighted by atomic mass is 32.2. The molecule has 164 valence electrons. The van der Waals surface area contributed by atoms with Gasteiger partial charge in [-0.1, -0.05) is 18.7 Å². The highest BCUT2D eigenvalue weighted by molar-refractivity contribution is 7.99. The lowest BCUT2D eigenvalue weighted by atomic mass is 10.00. The summed E-state index contributed by atoms with van der Waals surface area (Å²) < 4.78 is 7.44. The quantitative estimate of drug-likeness (QED) is 0.502. The first kappa shape index (κ1) is 21.0. The fourth-order valence-corrected chi connectivity index (χ4v) is 4.94. The van der Waals surface area contributed by atoms with Gasteiger partial charge in [-0.25, -0.2) is 9.59 Å². The molecule has 0 spiro atoms. The van der Waals surface area contributed by atoms with Crippen LogP contribution in [0.5, 0.6) is 0 Å². The number of hydrogen-bond donors (Lipinski definition) is 2. The molecule has 2 N–H and O–H groups in total. The Bertz CT molecular complexity index is 842. The van der Waals surface area contributed by atoms with E-state index in [2.05, 4.69) is 37.2 Å². The minimum atomic E-state index is -0.403. The van der Waals surface area contributed by atoms with Gasteiger partial charge in [0.05, 0.1) is 18.2 Å². The molecule has 10 heteroatoms. The van der Waals surface area contributed by atoms with Crippen LogP contribution in [0.1, 0.15) is 52.5 Å². The molecule has 2 fully saturated rings. The molecular weight excluding hydrogens is 404 g/mol. The number of rotatable bonds is 7. The number of anilines is 1. The van der Waals surface area contributed by atoms with Gasteiger partial charge >= 0.3 is 12.0 Å². The zero-order valence-corrected chi connectivity index (χ0v) is 18.6. The molecule has 0 radical (unpaired) electrons. The van der Waals surface area contributed by atoms with Crippen molar-refractivity contribution in [3.05, 3.63) is 11.3 Å². The van der Waals surface area contributed by atoms with Crippen molar-refractivity contribution >= 4 is 29.7 Å². The molecule has 1 unspecified atom stereocenters. The summed E-state index contributed by atoms with van der Waals surface area (Å²) in [5.41, 5.74) is 1.04. The standard InChI is InChI=1S/C20H30N6O3S/c1-4-29-17(27)16-13(3)21-18(28)22-15(16)11-30-20-24-23-19(26(20)14-5-6-14)25-9-7-12(2)8-10-25/h12-14H,4-11H2,1-3H3,(H2,21,22,28). The highest BCUT2D eigenvalue weighted by Gasteiger charge is 2.34. The largest absolute Gasteiger partial charge is 0.463 e. The van der Waals surface area contributed by atoms with E-state index in [9.17, 15) is 9.59 Å². The number of nitrogens with one attached hydrogen (secondary N) is 2. The Morgan fingerprint density at radius 1 is 1.20 bits per heavy atom. The lowest BCUT2D eigenvalue weighted by Crippen LogP contribution is -2.49.